The van der Waals surface area contributed by atoms with Crippen LogP contribution in [0.25, 0.3) is 0 Å². The number of halogens is 1. The molecule has 2 N–H and O–H groups in total. The Kier molecular flexibility index (Phi) is 7.91. The maximum atomic E-state index is 13.1. The quantitative estimate of drug-likeness (QED) is 0.749. The van der Waals surface area contributed by atoms with Gasteiger partial charge in [-0.05, 0) is 31.7 Å². The second-order valence-corrected chi connectivity index (χ2v) is 8.44. The standard InChI is InChI=1S/C22H34N2O3.ClH/c1-4-26-19-16-22(23,21(19,2)3)20(25)24-13-10-18(11-14-24)27-15-12-17-8-6-5-7-9-17;/h5-9,18-19H,4,10-16,23H2,1-3H3;1H. The summed E-state index contributed by atoms with van der Waals surface area (Å²) in [7, 11) is 0. The second kappa shape index (κ2) is 9.57. The molecule has 1 amide bonds. The summed E-state index contributed by atoms with van der Waals surface area (Å²) in [5, 5.41) is 0. The zero-order chi connectivity index (χ0) is 19.5. The van der Waals surface area contributed by atoms with Crippen molar-refractivity contribution in [2.45, 2.75) is 64.2 Å². The Morgan fingerprint density at radius 2 is 1.82 bits per heavy atom. The number of carbonyl (C=O) groups excluding carboxylic acids is 1. The number of ether oxygens (including phenoxy) is 2. The van der Waals surface area contributed by atoms with Crippen molar-refractivity contribution in [1.29, 1.82) is 0 Å². The molecule has 1 aliphatic carbocycles. The number of nitrogens with zero attached hydrogens (tertiary/aromatic N) is 1. The molecule has 1 aromatic carbocycles. The minimum atomic E-state index is -0.812. The van der Waals surface area contributed by atoms with Crippen molar-refractivity contribution in [2.75, 3.05) is 26.3 Å². The van der Waals surface area contributed by atoms with Gasteiger partial charge in [0.25, 0.3) is 0 Å². The minimum Gasteiger partial charge on any atom is -0.378 e. The van der Waals surface area contributed by atoms with E-state index in [1.54, 1.807) is 0 Å². The third-order valence-electron chi connectivity index (χ3n) is 6.53. The maximum Gasteiger partial charge on any atom is 0.243 e. The van der Waals surface area contributed by atoms with Crippen LogP contribution in [0, 0.1) is 5.41 Å². The van der Waals surface area contributed by atoms with E-state index in [1.165, 1.54) is 5.56 Å². The molecule has 2 unspecified atom stereocenters. The van der Waals surface area contributed by atoms with E-state index in [0.717, 1.165) is 39.0 Å². The van der Waals surface area contributed by atoms with E-state index in [1.807, 2.05) is 31.7 Å². The van der Waals surface area contributed by atoms with Crippen LogP contribution in [-0.2, 0) is 20.7 Å². The summed E-state index contributed by atoms with van der Waals surface area (Å²) in [5.74, 6) is 0.0752. The smallest absolute Gasteiger partial charge is 0.243 e. The Labute approximate surface area is 175 Å². The van der Waals surface area contributed by atoms with Crippen molar-refractivity contribution in [1.82, 2.24) is 4.90 Å². The van der Waals surface area contributed by atoms with E-state index in [4.69, 9.17) is 15.2 Å². The van der Waals surface area contributed by atoms with E-state index in [0.29, 0.717) is 13.0 Å². The summed E-state index contributed by atoms with van der Waals surface area (Å²) < 4.78 is 11.8. The molecule has 1 aliphatic heterocycles. The summed E-state index contributed by atoms with van der Waals surface area (Å²) >= 11 is 0. The fraction of sp³-hybridized carbons (Fsp3) is 0.682. The van der Waals surface area contributed by atoms with Crippen molar-refractivity contribution in [3.8, 4) is 0 Å². The van der Waals surface area contributed by atoms with Crippen LogP contribution in [0.1, 0.15) is 45.6 Å². The van der Waals surface area contributed by atoms with Crippen LogP contribution in [0.15, 0.2) is 30.3 Å². The summed E-state index contributed by atoms with van der Waals surface area (Å²) in [5.41, 5.74) is 6.71. The van der Waals surface area contributed by atoms with Gasteiger partial charge < -0.3 is 20.1 Å². The molecule has 1 saturated heterocycles. The summed E-state index contributed by atoms with van der Waals surface area (Å²) in [6.45, 7) is 8.92. The van der Waals surface area contributed by atoms with Crippen molar-refractivity contribution in [3.05, 3.63) is 35.9 Å². The molecule has 1 saturated carbocycles. The van der Waals surface area contributed by atoms with Crippen LogP contribution in [-0.4, -0.2) is 54.9 Å². The van der Waals surface area contributed by atoms with E-state index < -0.39 is 5.54 Å². The molecule has 0 aromatic heterocycles. The molecule has 0 bridgehead atoms. The molecule has 2 aliphatic rings. The second-order valence-electron chi connectivity index (χ2n) is 8.44. The zero-order valence-electron chi connectivity index (χ0n) is 17.4. The number of hydrogen-bond donors (Lipinski definition) is 1. The molecule has 28 heavy (non-hydrogen) atoms. The lowest BCUT2D eigenvalue weighted by Gasteiger charge is -2.59. The molecule has 0 spiro atoms. The number of piperidine rings is 1. The first kappa shape index (κ1) is 23.1. The number of nitrogens with two attached hydrogens (primary N) is 1. The van der Waals surface area contributed by atoms with E-state index >= 15 is 0 Å². The first-order chi connectivity index (χ1) is 12.9. The molecular formula is C22H35ClN2O3. The SMILES string of the molecule is CCOC1CC(N)(C(=O)N2CCC(OCCc3ccccc3)CC2)C1(C)C.Cl. The van der Waals surface area contributed by atoms with Gasteiger partial charge in [-0.2, -0.15) is 0 Å². The topological polar surface area (TPSA) is 64.8 Å². The van der Waals surface area contributed by atoms with Crippen molar-refractivity contribution in [2.24, 2.45) is 11.1 Å². The van der Waals surface area contributed by atoms with Crippen molar-refractivity contribution >= 4 is 18.3 Å². The van der Waals surface area contributed by atoms with Crippen LogP contribution in [0.3, 0.4) is 0 Å². The van der Waals surface area contributed by atoms with E-state index in [9.17, 15) is 4.79 Å². The first-order valence-electron chi connectivity index (χ1n) is 10.2. The highest BCUT2D eigenvalue weighted by Crippen LogP contribution is 2.50. The van der Waals surface area contributed by atoms with Gasteiger partial charge in [-0.15, -0.1) is 12.4 Å². The van der Waals surface area contributed by atoms with Crippen LogP contribution in [0.2, 0.25) is 0 Å². The van der Waals surface area contributed by atoms with Crippen LogP contribution in [0.5, 0.6) is 0 Å². The van der Waals surface area contributed by atoms with Gasteiger partial charge in [0.2, 0.25) is 5.91 Å². The molecule has 158 valence electrons. The lowest BCUT2D eigenvalue weighted by Crippen LogP contribution is -2.76. The van der Waals surface area contributed by atoms with Crippen molar-refractivity contribution in [3.63, 3.8) is 0 Å². The summed E-state index contributed by atoms with van der Waals surface area (Å²) in [6, 6.07) is 10.4. The number of benzene rings is 1. The number of likely N-dealkylation sites (tertiary alicyclic amines) is 1. The monoisotopic (exact) mass is 410 g/mol. The minimum absolute atomic E-state index is 0. The fourth-order valence-corrected chi connectivity index (χ4v) is 4.29. The van der Waals surface area contributed by atoms with E-state index in [-0.39, 0.29) is 35.9 Å². The predicted octanol–water partition coefficient (Wildman–Crippen LogP) is 3.19. The largest absolute Gasteiger partial charge is 0.378 e. The molecule has 2 fully saturated rings. The van der Waals surface area contributed by atoms with E-state index in [2.05, 4.69) is 24.3 Å². The van der Waals surface area contributed by atoms with Gasteiger partial charge in [0.1, 0.15) is 5.54 Å². The first-order valence-corrected chi connectivity index (χ1v) is 10.2. The van der Waals surface area contributed by atoms with Crippen LogP contribution >= 0.6 is 12.4 Å². The molecular weight excluding hydrogens is 376 g/mol. The number of rotatable bonds is 7. The highest BCUT2D eigenvalue weighted by atomic mass is 35.5. The predicted molar refractivity (Wildman–Crippen MR) is 114 cm³/mol. The molecule has 5 nitrogen and oxygen atoms in total. The third kappa shape index (κ3) is 4.54. The number of carbonyl (C=O) groups is 1. The molecule has 3 rings (SSSR count). The van der Waals surface area contributed by atoms with Gasteiger partial charge in [0.05, 0.1) is 18.8 Å². The Morgan fingerprint density at radius 1 is 1.18 bits per heavy atom. The molecule has 1 heterocycles. The lowest BCUT2D eigenvalue weighted by atomic mass is 9.54. The van der Waals surface area contributed by atoms with Gasteiger partial charge in [-0.1, -0.05) is 44.2 Å². The lowest BCUT2D eigenvalue weighted by molar-refractivity contribution is -0.181. The fourth-order valence-electron chi connectivity index (χ4n) is 4.29. The van der Waals surface area contributed by atoms with Crippen LogP contribution < -0.4 is 5.73 Å². The highest BCUT2D eigenvalue weighted by Gasteiger charge is 2.63. The third-order valence-corrected chi connectivity index (χ3v) is 6.53. The Balaban J connectivity index is 0.00000280. The van der Waals surface area contributed by atoms with Crippen molar-refractivity contribution < 1.29 is 14.3 Å². The molecule has 0 radical (unpaired) electrons. The average Bonchev–Trinajstić information content (AvgIpc) is 2.68. The molecule has 2 atom stereocenters. The zero-order valence-corrected chi connectivity index (χ0v) is 18.2. The number of amides is 1. The summed E-state index contributed by atoms with van der Waals surface area (Å²) in [6.07, 6.45) is 3.60. The Morgan fingerprint density at radius 3 is 2.39 bits per heavy atom. The van der Waals surface area contributed by atoms with Crippen LogP contribution in [0.4, 0.5) is 0 Å². The van der Waals surface area contributed by atoms with Gasteiger partial charge in [0, 0.05) is 31.5 Å². The average molecular weight is 411 g/mol. The highest BCUT2D eigenvalue weighted by molar-refractivity contribution is 5.89. The Hall–Kier alpha value is -1.14. The maximum absolute atomic E-state index is 13.1. The molecule has 6 heteroatoms. The van der Waals surface area contributed by atoms with Gasteiger partial charge in [-0.3, -0.25) is 4.79 Å². The van der Waals surface area contributed by atoms with Gasteiger partial charge in [-0.25, -0.2) is 0 Å². The van der Waals surface area contributed by atoms with Gasteiger partial charge in [0.15, 0.2) is 0 Å². The van der Waals surface area contributed by atoms with Gasteiger partial charge >= 0.3 is 0 Å². The summed E-state index contributed by atoms with van der Waals surface area (Å²) in [4.78, 5) is 15.0. The normalized spacial score (nSPS) is 27.0. The molecule has 1 aromatic rings. The number of hydrogen-bond acceptors (Lipinski definition) is 4. The Bertz CT molecular complexity index is 632.